The topological polar surface area (TPSA) is 93.0 Å². The summed E-state index contributed by atoms with van der Waals surface area (Å²) in [6, 6.07) is 5.54. The minimum Gasteiger partial charge on any atom is -0.352 e. The molecule has 26 heavy (non-hydrogen) atoms. The molecule has 2 heterocycles. The largest absolute Gasteiger partial charge is 0.352 e. The normalized spacial score (nSPS) is 17.2. The van der Waals surface area contributed by atoms with Crippen molar-refractivity contribution in [1.82, 2.24) is 30.4 Å². The molecule has 1 atom stereocenters. The molecule has 0 bridgehead atoms. The standard InChI is InChI=1S/C18H24N6O2/c1-3-5-17(25)20-15-6-4-9-23(11-15)18(26)14-7-8-16(13(2)10-14)24-12-19-21-22-24/h7-8,10,12,15H,3-6,9,11H2,1-2H3,(H,20,25). The summed E-state index contributed by atoms with van der Waals surface area (Å²) < 4.78 is 1.57. The number of nitrogens with zero attached hydrogens (tertiary/aromatic N) is 5. The summed E-state index contributed by atoms with van der Waals surface area (Å²) in [6.45, 7) is 5.18. The van der Waals surface area contributed by atoms with E-state index in [1.165, 1.54) is 6.33 Å². The van der Waals surface area contributed by atoms with Gasteiger partial charge in [0.25, 0.3) is 5.91 Å². The zero-order chi connectivity index (χ0) is 18.5. The number of aromatic nitrogens is 4. The summed E-state index contributed by atoms with van der Waals surface area (Å²) in [4.78, 5) is 26.5. The summed E-state index contributed by atoms with van der Waals surface area (Å²) in [6.07, 6.45) is 4.69. The monoisotopic (exact) mass is 356 g/mol. The molecule has 1 N–H and O–H groups in total. The molecule has 138 valence electrons. The second-order valence-corrected chi connectivity index (χ2v) is 6.66. The van der Waals surface area contributed by atoms with Gasteiger partial charge < -0.3 is 10.2 Å². The number of benzene rings is 1. The smallest absolute Gasteiger partial charge is 0.253 e. The quantitative estimate of drug-likeness (QED) is 0.876. The van der Waals surface area contributed by atoms with Crippen LogP contribution in [-0.2, 0) is 4.79 Å². The SMILES string of the molecule is CCCC(=O)NC1CCCN(C(=O)c2ccc(-n3cnnn3)c(C)c2)C1. The van der Waals surface area contributed by atoms with E-state index in [0.717, 1.165) is 30.5 Å². The van der Waals surface area contributed by atoms with E-state index in [4.69, 9.17) is 0 Å². The second kappa shape index (κ2) is 8.07. The van der Waals surface area contributed by atoms with E-state index in [-0.39, 0.29) is 17.9 Å². The molecule has 0 spiro atoms. The molecule has 1 aliphatic rings. The van der Waals surface area contributed by atoms with Crippen molar-refractivity contribution in [3.8, 4) is 5.69 Å². The van der Waals surface area contributed by atoms with Gasteiger partial charge in [0.15, 0.2) is 0 Å². The average Bonchev–Trinajstić information content (AvgIpc) is 3.15. The Morgan fingerprint density at radius 3 is 2.88 bits per heavy atom. The minimum atomic E-state index is -0.00851. The van der Waals surface area contributed by atoms with Crippen LogP contribution in [0.4, 0.5) is 0 Å². The summed E-state index contributed by atoms with van der Waals surface area (Å²) in [5.41, 5.74) is 2.41. The number of carbonyl (C=O) groups is 2. The number of likely N-dealkylation sites (tertiary alicyclic amines) is 1. The number of hydrogen-bond acceptors (Lipinski definition) is 5. The van der Waals surface area contributed by atoms with Crippen LogP contribution in [0.2, 0.25) is 0 Å². The van der Waals surface area contributed by atoms with Gasteiger partial charge in [-0.1, -0.05) is 6.92 Å². The highest BCUT2D eigenvalue weighted by Crippen LogP contribution is 2.18. The molecule has 1 aromatic carbocycles. The van der Waals surface area contributed by atoms with Crippen molar-refractivity contribution in [2.75, 3.05) is 13.1 Å². The van der Waals surface area contributed by atoms with Gasteiger partial charge in [-0.2, -0.15) is 0 Å². The van der Waals surface area contributed by atoms with E-state index in [1.54, 1.807) is 10.7 Å². The average molecular weight is 356 g/mol. The van der Waals surface area contributed by atoms with Crippen LogP contribution >= 0.6 is 0 Å². The fourth-order valence-electron chi connectivity index (χ4n) is 3.31. The lowest BCUT2D eigenvalue weighted by atomic mass is 10.0. The Bertz CT molecular complexity index is 774. The molecule has 0 aliphatic carbocycles. The molecule has 1 saturated heterocycles. The van der Waals surface area contributed by atoms with Gasteiger partial charge in [0.1, 0.15) is 6.33 Å². The van der Waals surface area contributed by atoms with Crippen LogP contribution in [0, 0.1) is 6.92 Å². The van der Waals surface area contributed by atoms with E-state index >= 15 is 0 Å². The zero-order valence-corrected chi connectivity index (χ0v) is 15.2. The number of hydrogen-bond donors (Lipinski definition) is 1. The fraction of sp³-hybridized carbons (Fsp3) is 0.500. The highest BCUT2D eigenvalue weighted by atomic mass is 16.2. The molecule has 0 saturated carbocycles. The number of aryl methyl sites for hydroxylation is 1. The molecule has 2 amide bonds. The van der Waals surface area contributed by atoms with Gasteiger partial charge >= 0.3 is 0 Å². The number of carbonyl (C=O) groups excluding carboxylic acids is 2. The van der Waals surface area contributed by atoms with E-state index in [0.29, 0.717) is 25.1 Å². The lowest BCUT2D eigenvalue weighted by Gasteiger charge is -2.33. The maximum Gasteiger partial charge on any atom is 0.253 e. The first kappa shape index (κ1) is 18.0. The van der Waals surface area contributed by atoms with E-state index in [1.807, 2.05) is 30.9 Å². The molecular formula is C18H24N6O2. The van der Waals surface area contributed by atoms with Crippen LogP contribution in [-0.4, -0.2) is 56.1 Å². The van der Waals surface area contributed by atoms with Gasteiger partial charge in [-0.15, -0.1) is 5.10 Å². The fourth-order valence-corrected chi connectivity index (χ4v) is 3.31. The van der Waals surface area contributed by atoms with Crippen LogP contribution in [0.15, 0.2) is 24.5 Å². The Morgan fingerprint density at radius 2 is 2.19 bits per heavy atom. The molecule has 1 aliphatic heterocycles. The predicted octanol–water partition coefficient (Wildman–Crippen LogP) is 1.49. The van der Waals surface area contributed by atoms with Crippen molar-refractivity contribution in [3.05, 3.63) is 35.7 Å². The van der Waals surface area contributed by atoms with E-state index < -0.39 is 0 Å². The number of tetrazole rings is 1. The molecule has 2 aromatic rings. The molecule has 1 unspecified atom stereocenters. The van der Waals surface area contributed by atoms with Crippen molar-refractivity contribution in [2.45, 2.75) is 45.6 Å². The molecule has 8 heteroatoms. The van der Waals surface area contributed by atoms with Gasteiger partial charge in [-0.25, -0.2) is 4.68 Å². The molecular weight excluding hydrogens is 332 g/mol. The molecule has 0 radical (unpaired) electrons. The summed E-state index contributed by atoms with van der Waals surface area (Å²) in [7, 11) is 0. The minimum absolute atomic E-state index is 0.00851. The second-order valence-electron chi connectivity index (χ2n) is 6.66. The third kappa shape index (κ3) is 4.07. The first-order valence-corrected chi connectivity index (χ1v) is 9.01. The Hall–Kier alpha value is -2.77. The summed E-state index contributed by atoms with van der Waals surface area (Å²) >= 11 is 0. The van der Waals surface area contributed by atoms with Crippen LogP contribution in [0.1, 0.15) is 48.5 Å². The van der Waals surface area contributed by atoms with Crippen LogP contribution in [0.5, 0.6) is 0 Å². The Morgan fingerprint density at radius 1 is 1.35 bits per heavy atom. The van der Waals surface area contributed by atoms with Crippen molar-refractivity contribution < 1.29 is 9.59 Å². The van der Waals surface area contributed by atoms with Gasteiger partial charge in [0, 0.05) is 31.1 Å². The van der Waals surface area contributed by atoms with E-state index in [2.05, 4.69) is 20.8 Å². The lowest BCUT2D eigenvalue weighted by Crippen LogP contribution is -2.49. The third-order valence-corrected chi connectivity index (χ3v) is 4.59. The summed E-state index contributed by atoms with van der Waals surface area (Å²) in [5, 5.41) is 14.2. The molecule has 1 aromatic heterocycles. The van der Waals surface area contributed by atoms with Gasteiger partial charge in [0.2, 0.25) is 5.91 Å². The first-order valence-electron chi connectivity index (χ1n) is 9.01. The molecule has 1 fully saturated rings. The maximum absolute atomic E-state index is 12.9. The highest BCUT2D eigenvalue weighted by molar-refractivity contribution is 5.94. The van der Waals surface area contributed by atoms with Crippen LogP contribution < -0.4 is 5.32 Å². The lowest BCUT2D eigenvalue weighted by molar-refractivity contribution is -0.122. The van der Waals surface area contributed by atoms with Gasteiger partial charge in [-0.05, 0) is 60.4 Å². The number of piperidine rings is 1. The van der Waals surface area contributed by atoms with E-state index in [9.17, 15) is 9.59 Å². The van der Waals surface area contributed by atoms with Crippen molar-refractivity contribution in [2.24, 2.45) is 0 Å². The predicted molar refractivity (Wildman–Crippen MR) is 95.9 cm³/mol. The summed E-state index contributed by atoms with van der Waals surface area (Å²) in [5.74, 6) is 0.0549. The Labute approximate surface area is 152 Å². The first-order chi connectivity index (χ1) is 12.6. The van der Waals surface area contributed by atoms with Crippen LogP contribution in [0.3, 0.4) is 0 Å². The van der Waals surface area contributed by atoms with Crippen molar-refractivity contribution in [1.29, 1.82) is 0 Å². The maximum atomic E-state index is 12.9. The highest BCUT2D eigenvalue weighted by Gasteiger charge is 2.25. The van der Waals surface area contributed by atoms with Crippen LogP contribution in [0.25, 0.3) is 5.69 Å². The van der Waals surface area contributed by atoms with Crippen molar-refractivity contribution >= 4 is 11.8 Å². The number of rotatable bonds is 5. The van der Waals surface area contributed by atoms with Crippen molar-refractivity contribution in [3.63, 3.8) is 0 Å². The Balaban J connectivity index is 1.68. The van der Waals surface area contributed by atoms with Gasteiger partial charge in [-0.3, -0.25) is 9.59 Å². The van der Waals surface area contributed by atoms with Gasteiger partial charge in [0.05, 0.1) is 5.69 Å². The number of nitrogens with one attached hydrogen (secondary N) is 1. The molecule has 3 rings (SSSR count). The Kier molecular flexibility index (Phi) is 5.60. The number of amides is 2. The zero-order valence-electron chi connectivity index (χ0n) is 15.2. The molecule has 8 nitrogen and oxygen atoms in total. The third-order valence-electron chi connectivity index (χ3n) is 4.59.